The highest BCUT2D eigenvalue weighted by Crippen LogP contribution is 2.36. The van der Waals surface area contributed by atoms with Gasteiger partial charge in [-0.05, 0) is 25.0 Å². The molecule has 0 aromatic rings. The first-order valence-electron chi connectivity index (χ1n) is 5.44. The quantitative estimate of drug-likeness (QED) is 0.634. The number of nitrogens with one attached hydrogen (secondary N) is 1. The highest BCUT2D eigenvalue weighted by molar-refractivity contribution is 6.03. The van der Waals surface area contributed by atoms with Gasteiger partial charge in [0.1, 0.15) is 0 Å². The Hall–Kier alpha value is -1.35. The zero-order chi connectivity index (χ0) is 10.4. The van der Waals surface area contributed by atoms with Crippen molar-refractivity contribution in [3.8, 4) is 0 Å². The van der Waals surface area contributed by atoms with Gasteiger partial charge in [-0.15, -0.1) is 0 Å². The van der Waals surface area contributed by atoms with E-state index >= 15 is 0 Å². The number of amides is 1. The summed E-state index contributed by atoms with van der Waals surface area (Å²) in [5, 5.41) is 3.40. The first kappa shape index (κ1) is 8.92. The van der Waals surface area contributed by atoms with Gasteiger partial charge in [-0.3, -0.25) is 4.79 Å². The summed E-state index contributed by atoms with van der Waals surface area (Å²) in [4.78, 5) is 14.0. The van der Waals surface area contributed by atoms with Crippen molar-refractivity contribution in [2.75, 3.05) is 13.1 Å². The van der Waals surface area contributed by atoms with Crippen LogP contribution in [0.3, 0.4) is 0 Å². The Kier molecular flexibility index (Phi) is 1.83. The molecule has 1 unspecified atom stereocenters. The van der Waals surface area contributed by atoms with E-state index in [0.29, 0.717) is 6.04 Å². The fourth-order valence-corrected chi connectivity index (χ4v) is 2.63. The van der Waals surface area contributed by atoms with E-state index in [0.717, 1.165) is 25.1 Å². The lowest BCUT2D eigenvalue weighted by Crippen LogP contribution is -2.47. The zero-order valence-electron chi connectivity index (χ0n) is 8.79. The van der Waals surface area contributed by atoms with Crippen LogP contribution in [0.4, 0.5) is 0 Å². The molecule has 1 aliphatic carbocycles. The Morgan fingerprint density at radius 3 is 3.27 bits per heavy atom. The minimum Gasteiger partial charge on any atom is -0.309 e. The van der Waals surface area contributed by atoms with Crippen LogP contribution in [0.2, 0.25) is 0 Å². The van der Waals surface area contributed by atoms with Crippen molar-refractivity contribution in [3.63, 3.8) is 0 Å². The summed E-state index contributed by atoms with van der Waals surface area (Å²) >= 11 is 0. The van der Waals surface area contributed by atoms with Gasteiger partial charge in [0, 0.05) is 30.4 Å². The molecule has 1 atom stereocenters. The summed E-state index contributed by atoms with van der Waals surface area (Å²) in [5.74, 6) is 0.192. The topological polar surface area (TPSA) is 32.3 Å². The van der Waals surface area contributed by atoms with Crippen LogP contribution in [-0.2, 0) is 4.79 Å². The molecule has 1 N–H and O–H groups in total. The second kappa shape index (κ2) is 3.07. The predicted molar refractivity (Wildman–Crippen MR) is 58.0 cm³/mol. The highest BCUT2D eigenvalue weighted by atomic mass is 16.2. The number of fused-ring (bicyclic) bond motifs is 2. The van der Waals surface area contributed by atoms with E-state index < -0.39 is 0 Å². The standard InChI is InChI=1S/C12H14N2O/c1-8-11-9-4-2-3-5-10(9)12(15)14(11)7-6-13-8/h2-3,5,8,13H,4,6-7H2,1H3. The lowest BCUT2D eigenvalue weighted by atomic mass is 9.97. The summed E-state index contributed by atoms with van der Waals surface area (Å²) in [6, 6.07) is 0.301. The Bertz CT molecular complexity index is 417. The van der Waals surface area contributed by atoms with Crippen molar-refractivity contribution in [2.24, 2.45) is 0 Å². The Labute approximate surface area is 89.1 Å². The number of carbonyl (C=O) groups is 1. The second-order valence-electron chi connectivity index (χ2n) is 4.21. The number of rotatable bonds is 0. The Morgan fingerprint density at radius 1 is 1.53 bits per heavy atom. The monoisotopic (exact) mass is 202 g/mol. The van der Waals surface area contributed by atoms with Crippen LogP contribution >= 0.6 is 0 Å². The smallest absolute Gasteiger partial charge is 0.258 e. The van der Waals surface area contributed by atoms with E-state index in [1.807, 2.05) is 17.1 Å². The van der Waals surface area contributed by atoms with E-state index in [1.165, 1.54) is 11.3 Å². The fourth-order valence-electron chi connectivity index (χ4n) is 2.63. The molecule has 3 heteroatoms. The predicted octanol–water partition coefficient (Wildman–Crippen LogP) is 0.961. The maximum atomic E-state index is 12.1. The minimum absolute atomic E-state index is 0.192. The maximum absolute atomic E-state index is 12.1. The van der Waals surface area contributed by atoms with Gasteiger partial charge in [0.2, 0.25) is 0 Å². The lowest BCUT2D eigenvalue weighted by molar-refractivity contribution is -0.124. The second-order valence-corrected chi connectivity index (χ2v) is 4.21. The van der Waals surface area contributed by atoms with Gasteiger partial charge in [0.05, 0.1) is 0 Å². The van der Waals surface area contributed by atoms with Crippen LogP contribution in [0.15, 0.2) is 35.1 Å². The molecule has 2 heterocycles. The molecule has 1 amide bonds. The summed E-state index contributed by atoms with van der Waals surface area (Å²) in [6.45, 7) is 3.83. The molecular formula is C12H14N2O. The van der Waals surface area contributed by atoms with Crippen molar-refractivity contribution in [3.05, 3.63) is 35.1 Å². The lowest BCUT2D eigenvalue weighted by Gasteiger charge is -2.31. The van der Waals surface area contributed by atoms with Crippen molar-refractivity contribution in [1.82, 2.24) is 10.2 Å². The number of allylic oxidation sites excluding steroid dienone is 3. The molecule has 0 aromatic heterocycles. The summed E-state index contributed by atoms with van der Waals surface area (Å²) in [5.41, 5.74) is 3.33. The van der Waals surface area contributed by atoms with Crippen LogP contribution in [0.5, 0.6) is 0 Å². The molecule has 1 fully saturated rings. The Morgan fingerprint density at radius 2 is 2.40 bits per heavy atom. The molecule has 2 aliphatic heterocycles. The molecule has 15 heavy (non-hydrogen) atoms. The molecule has 0 spiro atoms. The van der Waals surface area contributed by atoms with Crippen LogP contribution in [0.25, 0.3) is 0 Å². The van der Waals surface area contributed by atoms with E-state index in [-0.39, 0.29) is 5.91 Å². The molecule has 0 bridgehead atoms. The molecule has 1 saturated heterocycles. The number of piperazine rings is 1. The number of hydrogen-bond acceptors (Lipinski definition) is 2. The fraction of sp³-hybridized carbons (Fsp3) is 0.417. The molecule has 3 nitrogen and oxygen atoms in total. The van der Waals surface area contributed by atoms with E-state index in [4.69, 9.17) is 0 Å². The van der Waals surface area contributed by atoms with E-state index in [9.17, 15) is 4.79 Å². The normalized spacial score (nSPS) is 29.1. The largest absolute Gasteiger partial charge is 0.309 e. The first-order chi connectivity index (χ1) is 7.29. The maximum Gasteiger partial charge on any atom is 0.258 e. The van der Waals surface area contributed by atoms with Gasteiger partial charge in [0.25, 0.3) is 5.91 Å². The summed E-state index contributed by atoms with van der Waals surface area (Å²) in [6.07, 6.45) is 6.94. The number of hydrogen-bond donors (Lipinski definition) is 1. The van der Waals surface area contributed by atoms with Gasteiger partial charge in [-0.2, -0.15) is 0 Å². The van der Waals surface area contributed by atoms with Gasteiger partial charge >= 0.3 is 0 Å². The summed E-state index contributed by atoms with van der Waals surface area (Å²) < 4.78 is 0. The van der Waals surface area contributed by atoms with E-state index in [2.05, 4.69) is 18.3 Å². The van der Waals surface area contributed by atoms with Crippen LogP contribution in [0.1, 0.15) is 13.3 Å². The minimum atomic E-state index is 0.192. The molecule has 3 aliphatic rings. The van der Waals surface area contributed by atoms with E-state index in [1.54, 1.807) is 0 Å². The third kappa shape index (κ3) is 1.13. The SMILES string of the molecule is CC1NCCN2C(=O)C3=CC=CCC3=C12. The molecular weight excluding hydrogens is 188 g/mol. The third-order valence-corrected chi connectivity index (χ3v) is 3.32. The highest BCUT2D eigenvalue weighted by Gasteiger charge is 2.38. The van der Waals surface area contributed by atoms with Gasteiger partial charge in [-0.25, -0.2) is 0 Å². The molecule has 0 aromatic carbocycles. The first-order valence-corrected chi connectivity index (χ1v) is 5.44. The average Bonchev–Trinajstić information content (AvgIpc) is 2.55. The number of nitrogens with zero attached hydrogens (tertiary/aromatic N) is 1. The Balaban J connectivity index is 2.13. The third-order valence-electron chi connectivity index (χ3n) is 3.32. The van der Waals surface area contributed by atoms with Gasteiger partial charge in [-0.1, -0.05) is 12.2 Å². The molecule has 3 rings (SSSR count). The molecule has 0 saturated carbocycles. The van der Waals surface area contributed by atoms with Crippen LogP contribution in [-0.4, -0.2) is 29.9 Å². The number of carbonyl (C=O) groups excluding carboxylic acids is 1. The summed E-state index contributed by atoms with van der Waals surface area (Å²) in [7, 11) is 0. The van der Waals surface area contributed by atoms with Crippen molar-refractivity contribution < 1.29 is 4.79 Å². The average molecular weight is 202 g/mol. The van der Waals surface area contributed by atoms with Crippen molar-refractivity contribution >= 4 is 5.91 Å². The van der Waals surface area contributed by atoms with Crippen LogP contribution < -0.4 is 5.32 Å². The van der Waals surface area contributed by atoms with Crippen molar-refractivity contribution in [1.29, 1.82) is 0 Å². The molecule has 78 valence electrons. The van der Waals surface area contributed by atoms with Gasteiger partial charge in [0.15, 0.2) is 0 Å². The zero-order valence-corrected chi connectivity index (χ0v) is 8.79. The van der Waals surface area contributed by atoms with Gasteiger partial charge < -0.3 is 10.2 Å². The molecule has 0 radical (unpaired) electrons. The van der Waals surface area contributed by atoms with Crippen molar-refractivity contribution in [2.45, 2.75) is 19.4 Å². The van der Waals surface area contributed by atoms with Crippen LogP contribution in [0, 0.1) is 0 Å².